The first-order chi connectivity index (χ1) is 9.15. The monoisotopic (exact) mass is 299 g/mol. The van der Waals surface area contributed by atoms with Gasteiger partial charge in [0, 0.05) is 29.3 Å². The number of benzene rings is 1. The molecule has 1 N–H and O–H groups in total. The van der Waals surface area contributed by atoms with E-state index in [-0.39, 0.29) is 12.0 Å². The molecule has 0 aromatic heterocycles. The largest absolute Gasteiger partial charge is 0.376 e. The van der Waals surface area contributed by atoms with Crippen molar-refractivity contribution in [2.45, 2.75) is 18.9 Å². The van der Waals surface area contributed by atoms with Gasteiger partial charge in [-0.2, -0.15) is 0 Å². The van der Waals surface area contributed by atoms with E-state index in [2.05, 4.69) is 5.32 Å². The molecule has 1 unspecified atom stereocenters. The summed E-state index contributed by atoms with van der Waals surface area (Å²) in [5, 5.41) is 3.90. The summed E-state index contributed by atoms with van der Waals surface area (Å²) in [7, 11) is 0. The molecule has 1 aromatic carbocycles. The van der Waals surface area contributed by atoms with Gasteiger partial charge in [-0.05, 0) is 36.6 Å². The number of carbonyl (C=O) groups is 1. The van der Waals surface area contributed by atoms with Crippen molar-refractivity contribution in [3.63, 3.8) is 0 Å². The Bertz CT molecular complexity index is 482. The predicted octanol–water partition coefficient (Wildman–Crippen LogP) is 3.30. The Morgan fingerprint density at radius 1 is 1.47 bits per heavy atom. The Morgan fingerprint density at radius 2 is 2.32 bits per heavy atom. The Kier molecular flexibility index (Phi) is 5.25. The minimum absolute atomic E-state index is 0.150. The molecule has 1 amide bonds. The number of nitrogens with one attached hydrogen (secondary N) is 1. The minimum atomic E-state index is -0.151. The Hall–Kier alpha value is -1.03. The highest BCUT2D eigenvalue weighted by Crippen LogP contribution is 2.21. The van der Waals surface area contributed by atoms with E-state index in [1.165, 1.54) is 6.08 Å². The summed E-state index contributed by atoms with van der Waals surface area (Å²) in [6.45, 7) is 1.34. The number of hydrogen-bond donors (Lipinski definition) is 1. The van der Waals surface area contributed by atoms with Crippen LogP contribution in [0.25, 0.3) is 6.08 Å². The van der Waals surface area contributed by atoms with Crippen molar-refractivity contribution in [1.82, 2.24) is 5.32 Å². The first kappa shape index (κ1) is 14.4. The summed E-state index contributed by atoms with van der Waals surface area (Å²) >= 11 is 11.8. The molecule has 0 aliphatic carbocycles. The molecule has 19 heavy (non-hydrogen) atoms. The van der Waals surface area contributed by atoms with Crippen molar-refractivity contribution < 1.29 is 9.53 Å². The second kappa shape index (κ2) is 6.94. The molecule has 1 fully saturated rings. The maximum absolute atomic E-state index is 11.6. The molecule has 0 saturated carbocycles. The standard InChI is InChI=1S/C14H15Cl2NO2/c15-11-5-3-10(13(16)8-11)4-6-14(18)17-9-12-2-1-7-19-12/h3-6,8,12H,1-2,7,9H2,(H,17,18). The lowest BCUT2D eigenvalue weighted by atomic mass is 10.2. The van der Waals surface area contributed by atoms with Gasteiger partial charge in [-0.3, -0.25) is 4.79 Å². The van der Waals surface area contributed by atoms with E-state index < -0.39 is 0 Å². The summed E-state index contributed by atoms with van der Waals surface area (Å²) in [5.74, 6) is -0.151. The first-order valence-corrected chi connectivity index (χ1v) is 6.93. The van der Waals surface area contributed by atoms with E-state index in [4.69, 9.17) is 27.9 Å². The zero-order valence-electron chi connectivity index (χ0n) is 10.4. The molecule has 0 radical (unpaired) electrons. The molecule has 2 rings (SSSR count). The molecule has 102 valence electrons. The van der Waals surface area contributed by atoms with Crippen molar-refractivity contribution in [3.8, 4) is 0 Å². The maximum atomic E-state index is 11.6. The smallest absolute Gasteiger partial charge is 0.244 e. The third-order valence-corrected chi connectivity index (χ3v) is 3.47. The van der Waals surface area contributed by atoms with E-state index in [0.29, 0.717) is 16.6 Å². The summed E-state index contributed by atoms with van der Waals surface area (Å²) < 4.78 is 5.42. The minimum Gasteiger partial charge on any atom is -0.376 e. The average Bonchev–Trinajstić information content (AvgIpc) is 2.88. The van der Waals surface area contributed by atoms with Gasteiger partial charge in [0.25, 0.3) is 0 Å². The molecule has 5 heteroatoms. The van der Waals surface area contributed by atoms with Crippen LogP contribution in [-0.4, -0.2) is 25.2 Å². The van der Waals surface area contributed by atoms with Crippen molar-refractivity contribution >= 4 is 35.2 Å². The van der Waals surface area contributed by atoms with Gasteiger partial charge in [0.2, 0.25) is 5.91 Å². The molecule has 1 saturated heterocycles. The van der Waals surface area contributed by atoms with Crippen molar-refractivity contribution in [2.24, 2.45) is 0 Å². The fourth-order valence-corrected chi connectivity index (χ4v) is 2.35. The third kappa shape index (κ3) is 4.53. The number of amides is 1. The highest BCUT2D eigenvalue weighted by Gasteiger charge is 2.15. The van der Waals surface area contributed by atoms with Gasteiger partial charge < -0.3 is 10.1 Å². The molecular formula is C14H15Cl2NO2. The number of ether oxygens (including phenoxy) is 1. The fraction of sp³-hybridized carbons (Fsp3) is 0.357. The van der Waals surface area contributed by atoms with Gasteiger partial charge in [-0.15, -0.1) is 0 Å². The van der Waals surface area contributed by atoms with Gasteiger partial charge in [0.1, 0.15) is 0 Å². The number of carbonyl (C=O) groups excluding carboxylic acids is 1. The van der Waals surface area contributed by atoms with E-state index in [9.17, 15) is 4.79 Å². The molecule has 0 spiro atoms. The number of halogens is 2. The first-order valence-electron chi connectivity index (χ1n) is 6.18. The predicted molar refractivity (Wildman–Crippen MR) is 77.5 cm³/mol. The molecule has 1 aliphatic rings. The Morgan fingerprint density at radius 3 is 3.00 bits per heavy atom. The zero-order chi connectivity index (χ0) is 13.7. The van der Waals surface area contributed by atoms with Crippen LogP contribution in [0.3, 0.4) is 0 Å². The lowest BCUT2D eigenvalue weighted by Gasteiger charge is -2.08. The normalized spacial score (nSPS) is 18.9. The lowest BCUT2D eigenvalue weighted by molar-refractivity contribution is -0.116. The molecule has 1 heterocycles. The van der Waals surface area contributed by atoms with Gasteiger partial charge in [0.15, 0.2) is 0 Å². The summed E-state index contributed by atoms with van der Waals surface area (Å²) in [6, 6.07) is 5.15. The van der Waals surface area contributed by atoms with Gasteiger partial charge >= 0.3 is 0 Å². The summed E-state index contributed by atoms with van der Waals surface area (Å²) in [4.78, 5) is 11.6. The molecule has 3 nitrogen and oxygen atoms in total. The van der Waals surface area contributed by atoms with E-state index in [0.717, 1.165) is 25.0 Å². The van der Waals surface area contributed by atoms with E-state index >= 15 is 0 Å². The maximum Gasteiger partial charge on any atom is 0.244 e. The Labute approximate surface area is 122 Å². The molecular weight excluding hydrogens is 285 g/mol. The second-order valence-corrected chi connectivity index (χ2v) is 5.22. The van der Waals surface area contributed by atoms with Gasteiger partial charge in [-0.25, -0.2) is 0 Å². The average molecular weight is 300 g/mol. The van der Waals surface area contributed by atoms with Crippen LogP contribution in [0.4, 0.5) is 0 Å². The van der Waals surface area contributed by atoms with E-state index in [1.807, 2.05) is 0 Å². The van der Waals surface area contributed by atoms with Crippen LogP contribution in [0.15, 0.2) is 24.3 Å². The SMILES string of the molecule is O=C(C=Cc1ccc(Cl)cc1Cl)NCC1CCCO1. The Balaban J connectivity index is 1.85. The van der Waals surface area contributed by atoms with Crippen LogP contribution in [0, 0.1) is 0 Å². The van der Waals surface area contributed by atoms with Crippen LogP contribution in [0.2, 0.25) is 10.0 Å². The van der Waals surface area contributed by atoms with Crippen LogP contribution >= 0.6 is 23.2 Å². The topological polar surface area (TPSA) is 38.3 Å². The number of hydrogen-bond acceptors (Lipinski definition) is 2. The summed E-state index contributed by atoms with van der Waals surface area (Å²) in [5.41, 5.74) is 0.762. The third-order valence-electron chi connectivity index (χ3n) is 2.90. The highest BCUT2D eigenvalue weighted by atomic mass is 35.5. The molecule has 1 aromatic rings. The zero-order valence-corrected chi connectivity index (χ0v) is 11.9. The van der Waals surface area contributed by atoms with Gasteiger partial charge in [-0.1, -0.05) is 29.3 Å². The number of rotatable bonds is 4. The quantitative estimate of drug-likeness (QED) is 0.866. The molecule has 0 bridgehead atoms. The van der Waals surface area contributed by atoms with E-state index in [1.54, 1.807) is 24.3 Å². The van der Waals surface area contributed by atoms with Crippen molar-refractivity contribution in [2.75, 3.05) is 13.2 Å². The van der Waals surface area contributed by atoms with Crippen molar-refractivity contribution in [3.05, 3.63) is 39.9 Å². The lowest BCUT2D eigenvalue weighted by Crippen LogP contribution is -2.30. The van der Waals surface area contributed by atoms with Crippen LogP contribution in [-0.2, 0) is 9.53 Å². The van der Waals surface area contributed by atoms with Crippen molar-refractivity contribution in [1.29, 1.82) is 0 Å². The summed E-state index contributed by atoms with van der Waals surface area (Å²) in [6.07, 6.45) is 5.36. The molecule has 1 aliphatic heterocycles. The second-order valence-electron chi connectivity index (χ2n) is 4.38. The molecule has 1 atom stereocenters. The highest BCUT2D eigenvalue weighted by molar-refractivity contribution is 6.35. The van der Waals surface area contributed by atoms with Gasteiger partial charge in [0.05, 0.1) is 6.10 Å². The fourth-order valence-electron chi connectivity index (χ4n) is 1.88. The van der Waals surface area contributed by atoms with Crippen LogP contribution in [0.1, 0.15) is 18.4 Å². The van der Waals surface area contributed by atoms with Crippen LogP contribution in [0.5, 0.6) is 0 Å². The van der Waals surface area contributed by atoms with Crippen LogP contribution < -0.4 is 5.32 Å².